The van der Waals surface area contributed by atoms with E-state index in [0.717, 1.165) is 22.4 Å². The number of rotatable bonds is 8. The average Bonchev–Trinajstić information content (AvgIpc) is 3.22. The highest BCUT2D eigenvalue weighted by Gasteiger charge is 2.09. The summed E-state index contributed by atoms with van der Waals surface area (Å²) in [6, 6.07) is 16.4. The standard InChI is InChI=1S/C24H25N3O4/c1-4-30-24(29)19-10-8-18(9-11-19)21-13-12-20(31-21)14-26-27-22(28)15-25-23-16(2)6-5-7-17(23)3/h5-14,25H,4,15H2,1-3H3,(H,27,28). The third kappa shape index (κ3) is 5.82. The number of para-hydroxylation sites is 1. The van der Waals surface area contributed by atoms with Crippen LogP contribution in [0.3, 0.4) is 0 Å². The van der Waals surface area contributed by atoms with Gasteiger partial charge in [0.2, 0.25) is 0 Å². The lowest BCUT2D eigenvalue weighted by atomic mass is 10.1. The molecule has 0 spiro atoms. The van der Waals surface area contributed by atoms with Gasteiger partial charge in [-0.05, 0) is 56.2 Å². The monoisotopic (exact) mass is 419 g/mol. The minimum absolute atomic E-state index is 0.110. The molecule has 2 N–H and O–H groups in total. The highest BCUT2D eigenvalue weighted by molar-refractivity contribution is 5.90. The second-order valence-corrected chi connectivity index (χ2v) is 6.91. The molecule has 1 aromatic heterocycles. The first kappa shape index (κ1) is 21.8. The third-order valence-electron chi connectivity index (χ3n) is 4.60. The van der Waals surface area contributed by atoms with Crippen molar-refractivity contribution in [2.24, 2.45) is 5.10 Å². The zero-order chi connectivity index (χ0) is 22.2. The van der Waals surface area contributed by atoms with E-state index in [9.17, 15) is 9.59 Å². The topological polar surface area (TPSA) is 92.9 Å². The van der Waals surface area contributed by atoms with Crippen LogP contribution in [0.15, 0.2) is 64.1 Å². The molecule has 7 heteroatoms. The highest BCUT2D eigenvalue weighted by Crippen LogP contribution is 2.22. The molecule has 0 bridgehead atoms. The molecule has 0 fully saturated rings. The zero-order valence-electron chi connectivity index (χ0n) is 17.8. The van der Waals surface area contributed by atoms with Gasteiger partial charge in [0.15, 0.2) is 0 Å². The van der Waals surface area contributed by atoms with Crippen LogP contribution in [0.1, 0.15) is 34.2 Å². The van der Waals surface area contributed by atoms with Gasteiger partial charge in [-0.25, -0.2) is 10.2 Å². The first-order chi connectivity index (χ1) is 15.0. The summed E-state index contributed by atoms with van der Waals surface area (Å²) < 4.78 is 10.7. The number of amides is 1. The van der Waals surface area contributed by atoms with Crippen LogP contribution in [0.2, 0.25) is 0 Å². The molecule has 0 saturated heterocycles. The van der Waals surface area contributed by atoms with E-state index in [0.29, 0.717) is 23.7 Å². The van der Waals surface area contributed by atoms with Crippen LogP contribution in [-0.4, -0.2) is 31.2 Å². The minimum Gasteiger partial charge on any atom is -0.462 e. The van der Waals surface area contributed by atoms with Crippen molar-refractivity contribution in [3.63, 3.8) is 0 Å². The number of ether oxygens (including phenoxy) is 1. The van der Waals surface area contributed by atoms with E-state index in [2.05, 4.69) is 15.8 Å². The third-order valence-corrected chi connectivity index (χ3v) is 4.60. The molecule has 3 rings (SSSR count). The van der Waals surface area contributed by atoms with Gasteiger partial charge in [0.05, 0.1) is 24.9 Å². The van der Waals surface area contributed by atoms with Gasteiger partial charge in [-0.2, -0.15) is 5.10 Å². The lowest BCUT2D eigenvalue weighted by Crippen LogP contribution is -2.26. The number of hydrazone groups is 1. The van der Waals surface area contributed by atoms with Gasteiger partial charge < -0.3 is 14.5 Å². The Morgan fingerprint density at radius 1 is 1.03 bits per heavy atom. The average molecular weight is 419 g/mol. The Labute approximate surface area is 181 Å². The summed E-state index contributed by atoms with van der Waals surface area (Å²) in [5, 5.41) is 7.08. The largest absolute Gasteiger partial charge is 0.462 e. The molecule has 0 aliphatic rings. The Morgan fingerprint density at radius 2 is 1.74 bits per heavy atom. The molecule has 160 valence electrons. The molecule has 1 heterocycles. The van der Waals surface area contributed by atoms with Crippen LogP contribution >= 0.6 is 0 Å². The first-order valence-corrected chi connectivity index (χ1v) is 9.97. The van der Waals surface area contributed by atoms with Gasteiger partial charge in [-0.3, -0.25) is 4.79 Å². The van der Waals surface area contributed by atoms with Gasteiger partial charge in [0.1, 0.15) is 11.5 Å². The Kier molecular flexibility index (Phi) is 7.22. The Bertz CT molecular complexity index is 1060. The van der Waals surface area contributed by atoms with E-state index < -0.39 is 0 Å². The van der Waals surface area contributed by atoms with Crippen molar-refractivity contribution in [2.45, 2.75) is 20.8 Å². The second-order valence-electron chi connectivity index (χ2n) is 6.91. The summed E-state index contributed by atoms with van der Waals surface area (Å²) >= 11 is 0. The molecule has 7 nitrogen and oxygen atoms in total. The van der Waals surface area contributed by atoms with E-state index in [1.807, 2.05) is 32.0 Å². The van der Waals surface area contributed by atoms with Gasteiger partial charge in [0, 0.05) is 11.3 Å². The molecule has 0 aliphatic carbocycles. The van der Waals surface area contributed by atoms with Gasteiger partial charge >= 0.3 is 5.97 Å². The number of furan rings is 1. The van der Waals surface area contributed by atoms with E-state index in [-0.39, 0.29) is 18.4 Å². The lowest BCUT2D eigenvalue weighted by Gasteiger charge is -2.11. The number of carbonyl (C=O) groups excluding carboxylic acids is 2. The molecule has 3 aromatic rings. The lowest BCUT2D eigenvalue weighted by molar-refractivity contribution is -0.119. The summed E-state index contributed by atoms with van der Waals surface area (Å²) in [6.07, 6.45) is 1.44. The van der Waals surface area contributed by atoms with Crippen molar-refractivity contribution < 1.29 is 18.7 Å². The molecule has 0 unspecified atom stereocenters. The van der Waals surface area contributed by atoms with Gasteiger partial charge in [0.25, 0.3) is 5.91 Å². The van der Waals surface area contributed by atoms with Crippen LogP contribution in [0.25, 0.3) is 11.3 Å². The van der Waals surface area contributed by atoms with Crippen molar-refractivity contribution in [1.29, 1.82) is 0 Å². The van der Waals surface area contributed by atoms with Crippen LogP contribution < -0.4 is 10.7 Å². The highest BCUT2D eigenvalue weighted by atomic mass is 16.5. The number of nitrogens with zero attached hydrogens (tertiary/aromatic N) is 1. The SMILES string of the molecule is CCOC(=O)c1ccc(-c2ccc(C=NNC(=O)CNc3c(C)cccc3C)o2)cc1. The molecule has 2 aromatic carbocycles. The number of hydrogen-bond acceptors (Lipinski definition) is 6. The van der Waals surface area contributed by atoms with Crippen molar-refractivity contribution in [1.82, 2.24) is 5.43 Å². The number of aryl methyl sites for hydroxylation is 2. The number of hydrogen-bond donors (Lipinski definition) is 2. The minimum atomic E-state index is -0.357. The molecular weight excluding hydrogens is 394 g/mol. The van der Waals surface area contributed by atoms with Crippen LogP contribution in [-0.2, 0) is 9.53 Å². The quantitative estimate of drug-likeness (QED) is 0.323. The molecular formula is C24H25N3O4. The Balaban J connectivity index is 1.53. The zero-order valence-corrected chi connectivity index (χ0v) is 17.8. The summed E-state index contributed by atoms with van der Waals surface area (Å²) in [7, 11) is 0. The maximum Gasteiger partial charge on any atom is 0.338 e. The predicted molar refractivity (Wildman–Crippen MR) is 120 cm³/mol. The van der Waals surface area contributed by atoms with E-state index in [4.69, 9.17) is 9.15 Å². The number of benzene rings is 2. The van der Waals surface area contributed by atoms with Crippen molar-refractivity contribution in [2.75, 3.05) is 18.5 Å². The Hall–Kier alpha value is -3.87. The van der Waals surface area contributed by atoms with Crippen LogP contribution in [0, 0.1) is 13.8 Å². The molecule has 1 amide bonds. The molecule has 0 atom stereocenters. The number of nitrogens with one attached hydrogen (secondary N) is 2. The van der Waals surface area contributed by atoms with E-state index >= 15 is 0 Å². The number of esters is 1. The maximum absolute atomic E-state index is 12.0. The summed E-state index contributed by atoms with van der Waals surface area (Å²) in [5.74, 6) is 0.497. The fraction of sp³-hybridized carbons (Fsp3) is 0.208. The fourth-order valence-electron chi connectivity index (χ4n) is 3.03. The second kappa shape index (κ2) is 10.2. The normalized spacial score (nSPS) is 10.8. The summed E-state index contributed by atoms with van der Waals surface area (Å²) in [4.78, 5) is 23.8. The molecule has 0 aliphatic heterocycles. The smallest absolute Gasteiger partial charge is 0.338 e. The molecule has 0 saturated carbocycles. The summed E-state index contributed by atoms with van der Waals surface area (Å²) in [6.45, 7) is 6.19. The maximum atomic E-state index is 12.0. The van der Waals surface area contributed by atoms with Gasteiger partial charge in [-0.1, -0.05) is 30.3 Å². The van der Waals surface area contributed by atoms with Crippen molar-refractivity contribution in [3.05, 3.63) is 77.0 Å². The first-order valence-electron chi connectivity index (χ1n) is 9.97. The Morgan fingerprint density at radius 3 is 2.42 bits per heavy atom. The molecule has 0 radical (unpaired) electrons. The molecule has 31 heavy (non-hydrogen) atoms. The van der Waals surface area contributed by atoms with E-state index in [1.165, 1.54) is 6.21 Å². The fourth-order valence-corrected chi connectivity index (χ4v) is 3.03. The number of carbonyl (C=O) groups is 2. The van der Waals surface area contributed by atoms with Crippen molar-refractivity contribution >= 4 is 23.8 Å². The van der Waals surface area contributed by atoms with E-state index in [1.54, 1.807) is 43.3 Å². The van der Waals surface area contributed by atoms with Gasteiger partial charge in [-0.15, -0.1) is 0 Å². The van der Waals surface area contributed by atoms with Crippen LogP contribution in [0.4, 0.5) is 5.69 Å². The van der Waals surface area contributed by atoms with Crippen molar-refractivity contribution in [3.8, 4) is 11.3 Å². The number of anilines is 1. The van der Waals surface area contributed by atoms with Crippen LogP contribution in [0.5, 0.6) is 0 Å². The summed E-state index contributed by atoms with van der Waals surface area (Å²) in [5.41, 5.74) is 6.88. The predicted octanol–water partition coefficient (Wildman–Crippen LogP) is 4.30.